The van der Waals surface area contributed by atoms with Gasteiger partial charge >= 0.3 is 0 Å². The molecule has 0 radical (unpaired) electrons. The fourth-order valence-electron chi connectivity index (χ4n) is 1.99. The monoisotopic (exact) mass is 289 g/mol. The smallest absolute Gasteiger partial charge is 0.225 e. The Hall–Kier alpha value is -1.75. The van der Waals surface area contributed by atoms with Crippen molar-refractivity contribution in [2.24, 2.45) is 0 Å². The molecule has 0 saturated carbocycles. The van der Waals surface area contributed by atoms with Crippen LogP contribution < -0.4 is 5.32 Å². The number of amides is 1. The second-order valence-electron chi connectivity index (χ2n) is 5.68. The molecule has 2 heterocycles. The molecule has 4 nitrogen and oxygen atoms in total. The van der Waals surface area contributed by atoms with E-state index in [9.17, 15) is 4.79 Å². The zero-order valence-electron chi connectivity index (χ0n) is 12.0. The van der Waals surface area contributed by atoms with Crippen LogP contribution in [-0.2, 0) is 23.2 Å². The topological polar surface area (TPSA) is 54.9 Å². The van der Waals surface area contributed by atoms with Crippen molar-refractivity contribution in [2.75, 3.05) is 0 Å². The first-order valence-electron chi connectivity index (χ1n) is 6.55. The Morgan fingerprint density at radius 3 is 2.85 bits per heavy atom. The summed E-state index contributed by atoms with van der Waals surface area (Å²) in [5, 5.41) is 4.91. The van der Waals surface area contributed by atoms with E-state index in [2.05, 4.69) is 36.1 Å². The van der Waals surface area contributed by atoms with Crippen molar-refractivity contribution in [1.29, 1.82) is 0 Å². The highest BCUT2D eigenvalue weighted by Gasteiger charge is 2.19. The van der Waals surface area contributed by atoms with Gasteiger partial charge in [0, 0.05) is 28.6 Å². The maximum absolute atomic E-state index is 11.9. The molecule has 0 fully saturated rings. The van der Waals surface area contributed by atoms with Crippen molar-refractivity contribution >= 4 is 17.2 Å². The summed E-state index contributed by atoms with van der Waals surface area (Å²) in [6.45, 7) is 6.78. The third kappa shape index (κ3) is 3.87. The minimum Gasteiger partial charge on any atom is -0.352 e. The molecule has 2 aromatic rings. The number of hydrogen-bond acceptors (Lipinski definition) is 4. The molecule has 0 unspecified atom stereocenters. The van der Waals surface area contributed by atoms with Gasteiger partial charge in [-0.3, -0.25) is 4.79 Å². The van der Waals surface area contributed by atoms with Gasteiger partial charge < -0.3 is 5.32 Å². The minimum absolute atomic E-state index is 0.0242. The van der Waals surface area contributed by atoms with Crippen LogP contribution in [0.5, 0.6) is 0 Å². The molecular formula is C15H19N3OS. The number of carbonyl (C=O) groups is 1. The fourth-order valence-corrected chi connectivity index (χ4v) is 2.69. The molecule has 0 atom stereocenters. The Morgan fingerprint density at radius 1 is 1.40 bits per heavy atom. The first-order chi connectivity index (χ1) is 9.47. The number of hydrogen-bond donors (Lipinski definition) is 1. The lowest BCUT2D eigenvalue weighted by Crippen LogP contribution is -2.27. The zero-order chi connectivity index (χ0) is 14.6. The van der Waals surface area contributed by atoms with E-state index in [-0.39, 0.29) is 11.3 Å². The lowest BCUT2D eigenvalue weighted by atomic mass is 9.89. The van der Waals surface area contributed by atoms with Crippen molar-refractivity contribution in [2.45, 2.75) is 39.2 Å². The summed E-state index contributed by atoms with van der Waals surface area (Å²) in [5.41, 5.74) is 1.89. The summed E-state index contributed by atoms with van der Waals surface area (Å²) in [7, 11) is 0. The summed E-state index contributed by atoms with van der Waals surface area (Å²) < 4.78 is 0. The molecular weight excluding hydrogens is 270 g/mol. The zero-order valence-corrected chi connectivity index (χ0v) is 12.8. The van der Waals surface area contributed by atoms with E-state index in [0.29, 0.717) is 13.0 Å². The summed E-state index contributed by atoms with van der Waals surface area (Å²) >= 11 is 1.59. The fraction of sp³-hybridized carbons (Fsp3) is 0.400. The van der Waals surface area contributed by atoms with Crippen LogP contribution in [0.3, 0.4) is 0 Å². The highest BCUT2D eigenvalue weighted by atomic mass is 32.1. The predicted molar refractivity (Wildman–Crippen MR) is 80.6 cm³/mol. The molecule has 0 bridgehead atoms. The van der Waals surface area contributed by atoms with Crippen molar-refractivity contribution in [3.05, 3.63) is 46.2 Å². The highest BCUT2D eigenvalue weighted by Crippen LogP contribution is 2.22. The number of aromatic nitrogens is 2. The molecule has 0 aliphatic carbocycles. The van der Waals surface area contributed by atoms with Gasteiger partial charge in [-0.1, -0.05) is 26.8 Å². The lowest BCUT2D eigenvalue weighted by Gasteiger charge is -2.20. The first kappa shape index (κ1) is 14.7. The molecule has 2 rings (SSSR count). The summed E-state index contributed by atoms with van der Waals surface area (Å²) in [6, 6.07) is 3.92. The van der Waals surface area contributed by atoms with Crippen molar-refractivity contribution in [1.82, 2.24) is 15.3 Å². The van der Waals surface area contributed by atoms with E-state index in [1.807, 2.05) is 17.5 Å². The minimum atomic E-state index is -0.0588. The summed E-state index contributed by atoms with van der Waals surface area (Å²) in [6.07, 6.45) is 3.76. The van der Waals surface area contributed by atoms with Crippen LogP contribution >= 0.6 is 11.3 Å². The second-order valence-corrected chi connectivity index (χ2v) is 6.71. The molecule has 0 aromatic carbocycles. The van der Waals surface area contributed by atoms with E-state index in [0.717, 1.165) is 16.1 Å². The van der Waals surface area contributed by atoms with Crippen molar-refractivity contribution < 1.29 is 4.79 Å². The second kappa shape index (κ2) is 6.13. The number of rotatable bonds is 4. The quantitative estimate of drug-likeness (QED) is 0.941. The predicted octanol–water partition coefficient (Wildman–Crippen LogP) is 2.69. The van der Waals surface area contributed by atoms with Crippen molar-refractivity contribution in [3.8, 4) is 0 Å². The third-order valence-electron chi connectivity index (χ3n) is 2.89. The van der Waals surface area contributed by atoms with Gasteiger partial charge in [0.25, 0.3) is 0 Å². The molecule has 0 aliphatic heterocycles. The van der Waals surface area contributed by atoms with Gasteiger partial charge in [-0.15, -0.1) is 11.3 Å². The van der Waals surface area contributed by atoms with E-state index >= 15 is 0 Å². The van der Waals surface area contributed by atoms with Gasteiger partial charge in [0.1, 0.15) is 6.33 Å². The summed E-state index contributed by atoms with van der Waals surface area (Å²) in [5.74, 6) is 0.0242. The van der Waals surface area contributed by atoms with Gasteiger partial charge in [-0.2, -0.15) is 0 Å². The third-order valence-corrected chi connectivity index (χ3v) is 3.77. The Bertz CT molecular complexity index is 573. The standard InChI is InChI=1S/C15H19N3OS/c1-15(2,3)14-11(8-16-10-18-14)9-17-13(19)7-12-5-4-6-20-12/h4-6,8,10H,7,9H2,1-3H3,(H,17,19). The SMILES string of the molecule is CC(C)(C)c1ncncc1CNC(=O)Cc1cccs1. The van der Waals surface area contributed by atoms with Crippen LogP contribution in [0, 0.1) is 0 Å². The van der Waals surface area contributed by atoms with E-state index < -0.39 is 0 Å². The molecule has 0 saturated heterocycles. The number of carbonyl (C=O) groups excluding carboxylic acids is 1. The largest absolute Gasteiger partial charge is 0.352 e. The maximum Gasteiger partial charge on any atom is 0.225 e. The molecule has 0 spiro atoms. The average molecular weight is 289 g/mol. The highest BCUT2D eigenvalue weighted by molar-refractivity contribution is 7.10. The Labute approximate surface area is 123 Å². The average Bonchev–Trinajstić information content (AvgIpc) is 2.88. The van der Waals surface area contributed by atoms with Crippen LogP contribution in [0.15, 0.2) is 30.0 Å². The number of nitrogens with zero attached hydrogens (tertiary/aromatic N) is 2. The van der Waals surface area contributed by atoms with Crippen molar-refractivity contribution in [3.63, 3.8) is 0 Å². The first-order valence-corrected chi connectivity index (χ1v) is 7.43. The Balaban J connectivity index is 1.99. The molecule has 2 aromatic heterocycles. The van der Waals surface area contributed by atoms with Crippen LogP contribution in [0.1, 0.15) is 36.9 Å². The van der Waals surface area contributed by atoms with Gasteiger partial charge in [0.2, 0.25) is 5.91 Å². The Kier molecular flexibility index (Phi) is 4.49. The molecule has 0 aliphatic rings. The van der Waals surface area contributed by atoms with E-state index in [4.69, 9.17) is 0 Å². The van der Waals surface area contributed by atoms with Gasteiger partial charge in [-0.25, -0.2) is 9.97 Å². The normalized spacial score (nSPS) is 11.3. The number of thiophene rings is 1. The van der Waals surface area contributed by atoms with Crippen LogP contribution in [-0.4, -0.2) is 15.9 Å². The van der Waals surface area contributed by atoms with Gasteiger partial charge in [0.15, 0.2) is 0 Å². The van der Waals surface area contributed by atoms with Crippen LogP contribution in [0.25, 0.3) is 0 Å². The maximum atomic E-state index is 11.9. The van der Waals surface area contributed by atoms with Crippen LogP contribution in [0.2, 0.25) is 0 Å². The van der Waals surface area contributed by atoms with E-state index in [1.54, 1.807) is 23.9 Å². The van der Waals surface area contributed by atoms with Crippen LogP contribution in [0.4, 0.5) is 0 Å². The lowest BCUT2D eigenvalue weighted by molar-refractivity contribution is -0.120. The van der Waals surface area contributed by atoms with Gasteiger partial charge in [0.05, 0.1) is 12.1 Å². The van der Waals surface area contributed by atoms with E-state index in [1.165, 1.54) is 0 Å². The molecule has 1 N–H and O–H groups in total. The summed E-state index contributed by atoms with van der Waals surface area (Å²) in [4.78, 5) is 21.4. The molecule has 106 valence electrons. The molecule has 20 heavy (non-hydrogen) atoms. The Morgan fingerprint density at radius 2 is 2.20 bits per heavy atom. The molecule has 5 heteroatoms. The van der Waals surface area contributed by atoms with Gasteiger partial charge in [-0.05, 0) is 11.4 Å². The number of nitrogens with one attached hydrogen (secondary N) is 1. The molecule has 1 amide bonds.